The lowest BCUT2D eigenvalue weighted by molar-refractivity contribution is 0.383. The predicted octanol–water partition coefficient (Wildman–Crippen LogP) is 4.14. The zero-order chi connectivity index (χ0) is 17.9. The second kappa shape index (κ2) is 6.18. The molecule has 0 N–H and O–H groups in total. The molecule has 0 saturated carbocycles. The van der Waals surface area contributed by atoms with Crippen molar-refractivity contribution in [1.82, 2.24) is 7.76 Å². The molecule has 128 valence electrons. The summed E-state index contributed by atoms with van der Waals surface area (Å²) in [6.45, 7) is 5.53. The van der Waals surface area contributed by atoms with Crippen LogP contribution in [0, 0.1) is 29.1 Å². The molecule has 0 aliphatic carbocycles. The van der Waals surface area contributed by atoms with Crippen LogP contribution in [0.5, 0.6) is 0 Å². The molecular formula is C10H12BCl2F5N2SSi2. The van der Waals surface area contributed by atoms with Crippen molar-refractivity contribution in [2.75, 3.05) is 0 Å². The number of nitrogens with zero attached hydrogens (tertiary/aromatic N) is 2. The summed E-state index contributed by atoms with van der Waals surface area (Å²) in [6, 6.07) is 0. The maximum Gasteiger partial charge on any atom is 0.362 e. The van der Waals surface area contributed by atoms with E-state index in [1.165, 1.54) is 7.76 Å². The van der Waals surface area contributed by atoms with Crippen molar-refractivity contribution >= 4 is 61.8 Å². The van der Waals surface area contributed by atoms with Crippen molar-refractivity contribution in [1.29, 1.82) is 0 Å². The van der Waals surface area contributed by atoms with E-state index in [1.54, 1.807) is 26.2 Å². The summed E-state index contributed by atoms with van der Waals surface area (Å²) < 4.78 is 71.6. The molecule has 1 saturated heterocycles. The average Bonchev–Trinajstić information content (AvgIpc) is 2.34. The molecule has 2 nitrogen and oxygen atoms in total. The number of hydrogen-bond acceptors (Lipinski definition) is 3. The zero-order valence-corrected chi connectivity index (χ0v) is 16.9. The Hall–Kier alpha value is 0.219. The van der Waals surface area contributed by atoms with Gasteiger partial charge in [0.05, 0.1) is 0 Å². The Morgan fingerprint density at radius 2 is 1.04 bits per heavy atom. The van der Waals surface area contributed by atoms with Gasteiger partial charge in [-0.1, -0.05) is 0 Å². The van der Waals surface area contributed by atoms with Crippen molar-refractivity contribution < 1.29 is 22.0 Å². The van der Waals surface area contributed by atoms with Gasteiger partial charge in [-0.2, -0.15) is 0 Å². The Kier molecular flexibility index (Phi) is 5.25. The standard InChI is InChI=1S/C10H12BCl2F5N2SSi2/c1-22(2,12)19-11(20(21-19)23(3,4)13)5-6(14)8(16)10(18)9(17)7(5)15/h1-4H3. The van der Waals surface area contributed by atoms with E-state index >= 15 is 0 Å². The molecule has 1 aliphatic heterocycles. The minimum absolute atomic E-state index is 0.914. The molecule has 1 aromatic carbocycles. The van der Waals surface area contributed by atoms with Crippen LogP contribution < -0.4 is 5.46 Å². The summed E-state index contributed by atoms with van der Waals surface area (Å²) >= 11 is 13.7. The van der Waals surface area contributed by atoms with E-state index in [0.29, 0.717) is 0 Å². The first-order valence-corrected chi connectivity index (χ1v) is 15.1. The molecular weight excluding hydrogens is 413 g/mol. The minimum Gasteiger partial charge on any atom is -0.265 e. The van der Waals surface area contributed by atoms with Gasteiger partial charge in [0.15, 0.2) is 29.1 Å². The van der Waals surface area contributed by atoms with Crippen LogP contribution in [0.3, 0.4) is 0 Å². The van der Waals surface area contributed by atoms with E-state index in [0.717, 1.165) is 12.1 Å². The van der Waals surface area contributed by atoms with Crippen molar-refractivity contribution in [3.05, 3.63) is 29.1 Å². The molecule has 1 fully saturated rings. The summed E-state index contributed by atoms with van der Waals surface area (Å²) in [6.07, 6.45) is 0. The van der Waals surface area contributed by atoms with Gasteiger partial charge in [-0.15, -0.1) is 22.2 Å². The molecule has 0 atom stereocenters. The molecule has 0 spiro atoms. The molecule has 1 heterocycles. The molecule has 0 radical (unpaired) electrons. The highest BCUT2D eigenvalue weighted by Gasteiger charge is 2.58. The lowest BCUT2D eigenvalue weighted by Crippen LogP contribution is -2.76. The molecule has 1 aliphatic rings. The molecule has 23 heavy (non-hydrogen) atoms. The van der Waals surface area contributed by atoms with Gasteiger partial charge < -0.3 is 0 Å². The van der Waals surface area contributed by atoms with Gasteiger partial charge >= 0.3 is 6.98 Å². The Labute approximate surface area is 146 Å². The summed E-state index contributed by atoms with van der Waals surface area (Å²) in [5, 5.41) is 0. The van der Waals surface area contributed by atoms with Crippen molar-refractivity contribution in [2.45, 2.75) is 26.2 Å². The molecule has 13 heteroatoms. The first-order valence-electron chi connectivity index (χ1n) is 6.44. The minimum atomic E-state index is -2.62. The van der Waals surface area contributed by atoms with E-state index < -0.39 is 56.6 Å². The van der Waals surface area contributed by atoms with Gasteiger partial charge in [-0.3, -0.25) is 7.76 Å². The third-order valence-electron chi connectivity index (χ3n) is 3.17. The largest absolute Gasteiger partial charge is 0.362 e. The Morgan fingerprint density at radius 3 is 1.35 bits per heavy atom. The fraction of sp³-hybridized carbons (Fsp3) is 0.400. The fourth-order valence-electron chi connectivity index (χ4n) is 2.10. The smallest absolute Gasteiger partial charge is 0.265 e. The molecule has 0 bridgehead atoms. The van der Waals surface area contributed by atoms with Crippen molar-refractivity contribution in [3.63, 3.8) is 0 Å². The van der Waals surface area contributed by atoms with Gasteiger partial charge in [0.1, 0.15) is 0 Å². The molecule has 2 rings (SSSR count). The van der Waals surface area contributed by atoms with Crippen LogP contribution >= 0.6 is 34.3 Å². The summed E-state index contributed by atoms with van der Waals surface area (Å²) in [7, 11) is -5.23. The van der Waals surface area contributed by atoms with E-state index in [4.69, 9.17) is 22.2 Å². The van der Waals surface area contributed by atoms with E-state index in [-0.39, 0.29) is 0 Å². The van der Waals surface area contributed by atoms with Gasteiger partial charge in [-0.25, -0.2) is 22.0 Å². The normalized spacial score (nSPS) is 17.6. The van der Waals surface area contributed by atoms with Crippen LogP contribution in [0.25, 0.3) is 0 Å². The molecule has 1 aromatic rings. The van der Waals surface area contributed by atoms with Crippen LogP contribution in [0.2, 0.25) is 26.2 Å². The third-order valence-corrected chi connectivity index (χ3v) is 11.4. The second-order valence-corrected chi connectivity index (χ2v) is 19.7. The summed E-state index contributed by atoms with van der Waals surface area (Å²) in [5.74, 6) is -9.84. The average molecular weight is 425 g/mol. The first-order chi connectivity index (χ1) is 10.3. The molecule has 0 aromatic heterocycles. The summed E-state index contributed by atoms with van der Waals surface area (Å²) in [4.78, 5) is 0. The zero-order valence-electron chi connectivity index (χ0n) is 12.5. The number of hydrogen-bond donors (Lipinski definition) is 0. The maximum absolute atomic E-state index is 14.2. The quantitative estimate of drug-likeness (QED) is 0.180. The number of rotatable bonds is 3. The van der Waals surface area contributed by atoms with Gasteiger partial charge in [0.2, 0.25) is 15.1 Å². The van der Waals surface area contributed by atoms with Crippen LogP contribution in [0.15, 0.2) is 0 Å². The lowest BCUT2D eigenvalue weighted by Gasteiger charge is -2.54. The molecule has 0 unspecified atom stereocenters. The Balaban J connectivity index is 2.65. The Morgan fingerprint density at radius 1 is 0.739 bits per heavy atom. The second-order valence-electron chi connectivity index (χ2n) is 5.91. The van der Waals surface area contributed by atoms with Crippen molar-refractivity contribution in [2.24, 2.45) is 0 Å². The van der Waals surface area contributed by atoms with Crippen LogP contribution in [0.1, 0.15) is 0 Å². The first kappa shape index (κ1) is 19.5. The third kappa shape index (κ3) is 3.33. The lowest BCUT2D eigenvalue weighted by atomic mass is 9.70. The predicted molar refractivity (Wildman–Crippen MR) is 89.6 cm³/mol. The van der Waals surface area contributed by atoms with Gasteiger partial charge in [0.25, 0.3) is 0 Å². The van der Waals surface area contributed by atoms with E-state index in [1.807, 2.05) is 0 Å². The monoisotopic (exact) mass is 424 g/mol. The summed E-state index contributed by atoms with van der Waals surface area (Å²) in [5.41, 5.74) is -0.914. The SMILES string of the molecule is C[Si](C)(Cl)N1SN([Si](C)(C)Cl)B1c1c(F)c(F)c(F)c(F)c1F. The highest BCUT2D eigenvalue weighted by atomic mass is 35.6. The topological polar surface area (TPSA) is 6.48 Å². The van der Waals surface area contributed by atoms with Gasteiger partial charge in [0, 0.05) is 5.46 Å². The van der Waals surface area contributed by atoms with Crippen molar-refractivity contribution in [3.8, 4) is 0 Å². The highest BCUT2D eigenvalue weighted by molar-refractivity contribution is 8.04. The van der Waals surface area contributed by atoms with E-state index in [2.05, 4.69) is 0 Å². The fourth-order valence-corrected chi connectivity index (χ4v) is 8.10. The van der Waals surface area contributed by atoms with Gasteiger partial charge in [-0.05, 0) is 38.3 Å². The maximum atomic E-state index is 14.2. The number of benzene rings is 1. The van der Waals surface area contributed by atoms with E-state index in [9.17, 15) is 22.0 Å². The highest BCUT2D eigenvalue weighted by Crippen LogP contribution is 2.44. The number of halogens is 7. The van der Waals surface area contributed by atoms with Crippen LogP contribution in [-0.4, -0.2) is 29.8 Å². The Bertz CT molecular complexity index is 609. The van der Waals surface area contributed by atoms with Crippen LogP contribution in [0.4, 0.5) is 22.0 Å². The van der Waals surface area contributed by atoms with Crippen LogP contribution in [-0.2, 0) is 0 Å². The molecule has 0 amide bonds.